The van der Waals surface area contributed by atoms with Gasteiger partial charge in [-0.25, -0.2) is 0 Å². The molecule has 0 N–H and O–H groups in total. The molecule has 0 aliphatic rings. The molecule has 0 bridgehead atoms. The van der Waals surface area contributed by atoms with E-state index >= 15 is 0 Å². The first-order chi connectivity index (χ1) is 9.02. The van der Waals surface area contributed by atoms with Crippen LogP contribution in [0.5, 0.6) is 5.75 Å². The zero-order valence-corrected chi connectivity index (χ0v) is 13.4. The maximum absolute atomic E-state index is 5.47. The van der Waals surface area contributed by atoms with E-state index in [9.17, 15) is 0 Å². The smallest absolute Gasteiger partial charge is 0.123 e. The lowest BCUT2D eigenvalue weighted by atomic mass is 9.99. The summed E-state index contributed by atoms with van der Waals surface area (Å²) in [5, 5.41) is 0. The number of rotatable bonds is 3. The lowest BCUT2D eigenvalue weighted by Crippen LogP contribution is -1.98. The largest absolute Gasteiger partial charge is 0.496 e. The highest BCUT2D eigenvalue weighted by atomic mass is 79.9. The Kier molecular flexibility index (Phi) is 4.31. The van der Waals surface area contributed by atoms with Gasteiger partial charge in [0, 0.05) is 5.56 Å². The van der Waals surface area contributed by atoms with Gasteiger partial charge in [-0.15, -0.1) is 0 Å². The van der Waals surface area contributed by atoms with E-state index in [4.69, 9.17) is 4.74 Å². The molecule has 0 radical (unpaired) electrons. The van der Waals surface area contributed by atoms with Crippen molar-refractivity contribution in [2.24, 2.45) is 0 Å². The van der Waals surface area contributed by atoms with Crippen LogP contribution in [0.4, 0.5) is 0 Å². The average Bonchev–Trinajstić information content (AvgIpc) is 2.41. The quantitative estimate of drug-likeness (QED) is 0.715. The predicted molar refractivity (Wildman–Crippen MR) is 84.4 cm³/mol. The van der Waals surface area contributed by atoms with Crippen LogP contribution in [0.25, 0.3) is 0 Å². The predicted octanol–water partition coefficient (Wildman–Crippen LogP) is 5.10. The first-order valence-corrected chi connectivity index (χ1v) is 7.30. The molecule has 1 unspecified atom stereocenters. The minimum absolute atomic E-state index is 0.154. The van der Waals surface area contributed by atoms with Gasteiger partial charge in [0.15, 0.2) is 0 Å². The van der Waals surface area contributed by atoms with Gasteiger partial charge in [0.25, 0.3) is 0 Å². The SMILES string of the molecule is COc1ccc(C)cc1C(Br)c1ccc(C)c(C)c1. The molecule has 0 spiro atoms. The molecule has 2 aromatic carbocycles. The highest BCUT2D eigenvalue weighted by Gasteiger charge is 2.15. The first kappa shape index (κ1) is 14.1. The van der Waals surface area contributed by atoms with Crippen molar-refractivity contribution >= 4 is 15.9 Å². The Hall–Kier alpha value is -1.28. The molecule has 0 saturated carbocycles. The Morgan fingerprint density at radius 1 is 0.947 bits per heavy atom. The standard InChI is InChI=1S/C17H19BrO/c1-11-5-8-16(19-4)15(9-11)17(18)14-7-6-12(2)13(3)10-14/h5-10,17H,1-4H3. The molecule has 2 rings (SSSR count). The second kappa shape index (κ2) is 5.79. The van der Waals surface area contributed by atoms with Crippen molar-refractivity contribution < 1.29 is 4.74 Å². The third kappa shape index (κ3) is 3.01. The van der Waals surface area contributed by atoms with Crippen molar-refractivity contribution in [2.45, 2.75) is 25.6 Å². The fraction of sp³-hybridized carbons (Fsp3) is 0.294. The molecule has 0 aromatic heterocycles. The molecule has 0 heterocycles. The van der Waals surface area contributed by atoms with E-state index in [0.29, 0.717) is 0 Å². The van der Waals surface area contributed by atoms with Crippen LogP contribution in [0.15, 0.2) is 36.4 Å². The normalized spacial score (nSPS) is 12.3. The Balaban J connectivity index is 2.45. The summed E-state index contributed by atoms with van der Waals surface area (Å²) in [6, 6.07) is 12.8. The maximum Gasteiger partial charge on any atom is 0.123 e. The first-order valence-electron chi connectivity index (χ1n) is 6.38. The van der Waals surface area contributed by atoms with E-state index in [1.54, 1.807) is 7.11 Å². The van der Waals surface area contributed by atoms with Crippen LogP contribution in [0.3, 0.4) is 0 Å². The summed E-state index contributed by atoms with van der Waals surface area (Å²) in [4.78, 5) is 0.154. The van der Waals surface area contributed by atoms with Crippen LogP contribution in [0.1, 0.15) is 32.6 Å². The van der Waals surface area contributed by atoms with E-state index < -0.39 is 0 Å². The Morgan fingerprint density at radius 3 is 2.32 bits per heavy atom. The molecule has 0 aliphatic heterocycles. The van der Waals surface area contributed by atoms with Crippen LogP contribution in [-0.4, -0.2) is 7.11 Å². The number of hydrogen-bond donors (Lipinski definition) is 0. The molecule has 0 saturated heterocycles. The van der Waals surface area contributed by atoms with Gasteiger partial charge in [0.1, 0.15) is 5.75 Å². The van der Waals surface area contributed by atoms with Crippen LogP contribution >= 0.6 is 15.9 Å². The zero-order valence-electron chi connectivity index (χ0n) is 11.8. The van der Waals surface area contributed by atoms with E-state index in [1.165, 1.54) is 27.8 Å². The molecule has 2 aromatic rings. The van der Waals surface area contributed by atoms with E-state index in [-0.39, 0.29) is 4.83 Å². The topological polar surface area (TPSA) is 9.23 Å². The molecular weight excluding hydrogens is 300 g/mol. The summed E-state index contributed by atoms with van der Waals surface area (Å²) in [7, 11) is 1.72. The van der Waals surface area contributed by atoms with Crippen molar-refractivity contribution in [3.05, 3.63) is 64.2 Å². The van der Waals surface area contributed by atoms with Gasteiger partial charge in [-0.05, 0) is 43.5 Å². The number of hydrogen-bond acceptors (Lipinski definition) is 1. The number of alkyl halides is 1. The number of aryl methyl sites for hydroxylation is 3. The molecule has 2 heteroatoms. The van der Waals surface area contributed by atoms with Crippen LogP contribution in [0.2, 0.25) is 0 Å². The van der Waals surface area contributed by atoms with Crippen molar-refractivity contribution in [3.8, 4) is 5.75 Å². The second-order valence-corrected chi connectivity index (χ2v) is 5.87. The lowest BCUT2D eigenvalue weighted by molar-refractivity contribution is 0.410. The van der Waals surface area contributed by atoms with Crippen LogP contribution < -0.4 is 4.74 Å². The molecule has 0 fully saturated rings. The summed E-state index contributed by atoms with van der Waals surface area (Å²) in [6.07, 6.45) is 0. The molecular formula is C17H19BrO. The fourth-order valence-electron chi connectivity index (χ4n) is 2.15. The Morgan fingerprint density at radius 2 is 1.68 bits per heavy atom. The summed E-state index contributed by atoms with van der Waals surface area (Å²) < 4.78 is 5.47. The summed E-state index contributed by atoms with van der Waals surface area (Å²) in [5.74, 6) is 0.922. The summed E-state index contributed by atoms with van der Waals surface area (Å²) in [5.41, 5.74) is 6.30. The number of methoxy groups -OCH3 is 1. The van der Waals surface area contributed by atoms with Crippen LogP contribution in [-0.2, 0) is 0 Å². The minimum Gasteiger partial charge on any atom is -0.496 e. The monoisotopic (exact) mass is 318 g/mol. The molecule has 1 atom stereocenters. The van der Waals surface area contributed by atoms with Gasteiger partial charge in [0.05, 0.1) is 11.9 Å². The highest BCUT2D eigenvalue weighted by Crippen LogP contribution is 2.37. The molecule has 0 aliphatic carbocycles. The number of halogens is 1. The highest BCUT2D eigenvalue weighted by molar-refractivity contribution is 9.09. The fourth-order valence-corrected chi connectivity index (χ4v) is 2.80. The van der Waals surface area contributed by atoms with Crippen molar-refractivity contribution in [1.29, 1.82) is 0 Å². The van der Waals surface area contributed by atoms with Crippen molar-refractivity contribution in [3.63, 3.8) is 0 Å². The van der Waals surface area contributed by atoms with Crippen molar-refractivity contribution in [1.82, 2.24) is 0 Å². The van der Waals surface area contributed by atoms with Gasteiger partial charge in [0.2, 0.25) is 0 Å². The van der Waals surface area contributed by atoms with Gasteiger partial charge in [-0.2, -0.15) is 0 Å². The maximum atomic E-state index is 5.47. The van der Waals surface area contributed by atoms with E-state index in [1.807, 2.05) is 6.07 Å². The molecule has 0 amide bonds. The molecule has 19 heavy (non-hydrogen) atoms. The van der Waals surface area contributed by atoms with Crippen molar-refractivity contribution in [2.75, 3.05) is 7.11 Å². The Bertz CT molecular complexity index is 590. The molecule has 1 nitrogen and oxygen atoms in total. The lowest BCUT2D eigenvalue weighted by Gasteiger charge is -2.16. The second-order valence-electron chi connectivity index (χ2n) is 4.95. The third-order valence-corrected chi connectivity index (χ3v) is 4.50. The summed E-state index contributed by atoms with van der Waals surface area (Å²) >= 11 is 3.80. The summed E-state index contributed by atoms with van der Waals surface area (Å²) in [6.45, 7) is 6.38. The van der Waals surface area contributed by atoms with E-state index in [0.717, 1.165) is 5.75 Å². The van der Waals surface area contributed by atoms with E-state index in [2.05, 4.69) is 67.0 Å². The minimum atomic E-state index is 0.154. The number of ether oxygens (including phenoxy) is 1. The van der Waals surface area contributed by atoms with Gasteiger partial charge in [-0.3, -0.25) is 0 Å². The third-order valence-electron chi connectivity index (χ3n) is 3.48. The van der Waals surface area contributed by atoms with Gasteiger partial charge in [-0.1, -0.05) is 51.8 Å². The molecule has 100 valence electrons. The van der Waals surface area contributed by atoms with Crippen LogP contribution in [0, 0.1) is 20.8 Å². The van der Waals surface area contributed by atoms with Gasteiger partial charge < -0.3 is 4.74 Å². The zero-order chi connectivity index (χ0) is 14.0. The number of benzene rings is 2. The Labute approximate surface area is 123 Å². The average molecular weight is 319 g/mol. The van der Waals surface area contributed by atoms with Gasteiger partial charge >= 0.3 is 0 Å².